The first-order valence-corrected chi connectivity index (χ1v) is 7.23. The van der Waals surface area contributed by atoms with Gasteiger partial charge in [-0.1, -0.05) is 24.3 Å². The number of nitrogens with one attached hydrogen (secondary N) is 2. The van der Waals surface area contributed by atoms with Crippen LogP contribution in [0.1, 0.15) is 17.5 Å². The number of nitrogens with zero attached hydrogens (tertiary/aromatic N) is 2. The van der Waals surface area contributed by atoms with Crippen molar-refractivity contribution < 1.29 is 0 Å². The lowest BCUT2D eigenvalue weighted by atomic mass is 10.00. The molecule has 0 aromatic heterocycles. The summed E-state index contributed by atoms with van der Waals surface area (Å²) in [6, 6.07) is 8.79. The molecule has 0 fully saturated rings. The molecule has 0 saturated heterocycles. The molecule has 0 amide bonds. The monoisotopic (exact) mass is 258 g/mol. The van der Waals surface area contributed by atoms with Crippen molar-refractivity contribution in [3.05, 3.63) is 35.4 Å². The van der Waals surface area contributed by atoms with Gasteiger partial charge in [0.2, 0.25) is 0 Å². The number of benzene rings is 1. The Morgan fingerprint density at radius 2 is 2.16 bits per heavy atom. The molecule has 2 heterocycles. The van der Waals surface area contributed by atoms with Crippen LogP contribution in [0.4, 0.5) is 0 Å². The van der Waals surface area contributed by atoms with Gasteiger partial charge in [0.05, 0.1) is 0 Å². The maximum atomic E-state index is 4.42. The Morgan fingerprint density at radius 3 is 3.00 bits per heavy atom. The van der Waals surface area contributed by atoms with Gasteiger partial charge in [0.15, 0.2) is 5.96 Å². The highest BCUT2D eigenvalue weighted by molar-refractivity contribution is 5.80. The lowest BCUT2D eigenvalue weighted by Gasteiger charge is -2.29. The van der Waals surface area contributed by atoms with Crippen molar-refractivity contribution >= 4 is 5.96 Å². The van der Waals surface area contributed by atoms with Crippen LogP contribution in [0.5, 0.6) is 0 Å². The molecule has 4 heteroatoms. The fourth-order valence-corrected chi connectivity index (χ4v) is 2.73. The quantitative estimate of drug-likeness (QED) is 0.849. The zero-order valence-corrected chi connectivity index (χ0v) is 11.4. The van der Waals surface area contributed by atoms with E-state index in [9.17, 15) is 0 Å². The van der Waals surface area contributed by atoms with Crippen LogP contribution in [-0.2, 0) is 13.0 Å². The second-order valence-electron chi connectivity index (χ2n) is 5.23. The molecule has 2 N–H and O–H groups in total. The van der Waals surface area contributed by atoms with Gasteiger partial charge in [-0.25, -0.2) is 0 Å². The second kappa shape index (κ2) is 6.06. The first-order valence-electron chi connectivity index (χ1n) is 7.23. The van der Waals surface area contributed by atoms with E-state index < -0.39 is 0 Å². The van der Waals surface area contributed by atoms with E-state index in [1.807, 2.05) is 0 Å². The lowest BCUT2D eigenvalue weighted by molar-refractivity contribution is 0.258. The molecule has 1 aromatic rings. The van der Waals surface area contributed by atoms with Crippen LogP contribution in [0.25, 0.3) is 0 Å². The molecule has 19 heavy (non-hydrogen) atoms. The number of aliphatic imine (C=N–C) groups is 1. The largest absolute Gasteiger partial charge is 0.356 e. The van der Waals surface area contributed by atoms with E-state index in [-0.39, 0.29) is 0 Å². The molecule has 2 aliphatic heterocycles. The second-order valence-corrected chi connectivity index (χ2v) is 5.23. The van der Waals surface area contributed by atoms with E-state index in [1.165, 1.54) is 24.1 Å². The van der Waals surface area contributed by atoms with Crippen LogP contribution < -0.4 is 10.6 Å². The van der Waals surface area contributed by atoms with Gasteiger partial charge in [-0.3, -0.25) is 9.89 Å². The first kappa shape index (κ1) is 12.5. The maximum absolute atomic E-state index is 4.42. The molecule has 0 unspecified atom stereocenters. The predicted octanol–water partition coefficient (Wildman–Crippen LogP) is 0.984. The molecule has 0 aliphatic carbocycles. The Labute approximate surface area is 114 Å². The zero-order valence-electron chi connectivity index (χ0n) is 11.4. The maximum Gasteiger partial charge on any atom is 0.191 e. The van der Waals surface area contributed by atoms with Crippen LogP contribution in [0.15, 0.2) is 29.3 Å². The molecule has 102 valence electrons. The molecule has 4 nitrogen and oxygen atoms in total. The van der Waals surface area contributed by atoms with Crippen molar-refractivity contribution in [1.82, 2.24) is 15.5 Å². The Balaban J connectivity index is 1.46. The van der Waals surface area contributed by atoms with Crippen LogP contribution in [0.2, 0.25) is 0 Å². The van der Waals surface area contributed by atoms with Gasteiger partial charge in [0.1, 0.15) is 0 Å². The molecule has 0 radical (unpaired) electrons. The van der Waals surface area contributed by atoms with Gasteiger partial charge in [0.25, 0.3) is 0 Å². The number of hydrogen-bond donors (Lipinski definition) is 2. The minimum Gasteiger partial charge on any atom is -0.356 e. The van der Waals surface area contributed by atoms with Crippen LogP contribution >= 0.6 is 0 Å². The van der Waals surface area contributed by atoms with Crippen LogP contribution in [0, 0.1) is 0 Å². The SMILES string of the molecule is c1ccc2c(c1)CCN(CCNC1=NCCCN1)C2. The summed E-state index contributed by atoms with van der Waals surface area (Å²) in [7, 11) is 0. The molecule has 1 aromatic carbocycles. The van der Waals surface area contributed by atoms with Crippen LogP contribution in [-0.4, -0.2) is 43.6 Å². The van der Waals surface area contributed by atoms with Gasteiger partial charge in [0, 0.05) is 39.3 Å². The van der Waals surface area contributed by atoms with E-state index in [4.69, 9.17) is 0 Å². The number of fused-ring (bicyclic) bond motifs is 1. The summed E-state index contributed by atoms with van der Waals surface area (Å²) in [6.07, 6.45) is 2.32. The summed E-state index contributed by atoms with van der Waals surface area (Å²) in [5.74, 6) is 0.976. The molecular weight excluding hydrogens is 236 g/mol. The fourth-order valence-electron chi connectivity index (χ4n) is 2.73. The minimum absolute atomic E-state index is 0.951. The molecule has 0 atom stereocenters. The highest BCUT2D eigenvalue weighted by Gasteiger charge is 2.15. The number of hydrogen-bond acceptors (Lipinski definition) is 4. The molecule has 0 saturated carbocycles. The summed E-state index contributed by atoms with van der Waals surface area (Å²) in [6.45, 7) is 6.29. The van der Waals surface area contributed by atoms with Crippen molar-refractivity contribution in [3.8, 4) is 0 Å². The highest BCUT2D eigenvalue weighted by Crippen LogP contribution is 2.17. The standard InChI is InChI=1S/C15H22N4/c1-2-5-14-12-19(10-6-13(14)4-1)11-9-18-15-16-7-3-8-17-15/h1-2,4-5H,3,6-12H2,(H2,16,17,18). The predicted molar refractivity (Wildman–Crippen MR) is 78.3 cm³/mol. The summed E-state index contributed by atoms with van der Waals surface area (Å²) in [4.78, 5) is 6.94. The Hall–Kier alpha value is -1.55. The van der Waals surface area contributed by atoms with Gasteiger partial charge in [-0.15, -0.1) is 0 Å². The average Bonchev–Trinajstić information content (AvgIpc) is 2.48. The van der Waals surface area contributed by atoms with Crippen molar-refractivity contribution in [2.75, 3.05) is 32.7 Å². The van der Waals surface area contributed by atoms with Gasteiger partial charge in [-0.05, 0) is 24.0 Å². The van der Waals surface area contributed by atoms with Gasteiger partial charge >= 0.3 is 0 Å². The van der Waals surface area contributed by atoms with Crippen molar-refractivity contribution in [3.63, 3.8) is 0 Å². The van der Waals surface area contributed by atoms with Crippen molar-refractivity contribution in [2.45, 2.75) is 19.4 Å². The van der Waals surface area contributed by atoms with E-state index in [2.05, 4.69) is 44.8 Å². The van der Waals surface area contributed by atoms with E-state index >= 15 is 0 Å². The molecule has 0 bridgehead atoms. The third-order valence-corrected chi connectivity index (χ3v) is 3.83. The number of rotatable bonds is 3. The Bertz CT molecular complexity index is 455. The molecule has 3 rings (SSSR count). The summed E-state index contributed by atoms with van der Waals surface area (Å²) in [5.41, 5.74) is 3.01. The van der Waals surface area contributed by atoms with Gasteiger partial charge in [-0.2, -0.15) is 0 Å². The van der Waals surface area contributed by atoms with E-state index in [0.717, 1.165) is 45.1 Å². The summed E-state index contributed by atoms with van der Waals surface area (Å²) >= 11 is 0. The smallest absolute Gasteiger partial charge is 0.191 e. The molecular formula is C15H22N4. The normalized spacial score (nSPS) is 19.3. The topological polar surface area (TPSA) is 39.7 Å². The van der Waals surface area contributed by atoms with Crippen LogP contribution in [0.3, 0.4) is 0 Å². The number of guanidine groups is 1. The Morgan fingerprint density at radius 1 is 1.26 bits per heavy atom. The summed E-state index contributed by atoms with van der Waals surface area (Å²) < 4.78 is 0. The first-order chi connectivity index (χ1) is 9.42. The third-order valence-electron chi connectivity index (χ3n) is 3.83. The summed E-state index contributed by atoms with van der Waals surface area (Å²) in [5, 5.41) is 6.68. The highest BCUT2D eigenvalue weighted by atomic mass is 15.2. The minimum atomic E-state index is 0.951. The average molecular weight is 258 g/mol. The molecule has 2 aliphatic rings. The lowest BCUT2D eigenvalue weighted by Crippen LogP contribution is -2.44. The van der Waals surface area contributed by atoms with E-state index in [1.54, 1.807) is 0 Å². The third kappa shape index (κ3) is 3.26. The fraction of sp³-hybridized carbons (Fsp3) is 0.533. The van der Waals surface area contributed by atoms with E-state index in [0.29, 0.717) is 0 Å². The van der Waals surface area contributed by atoms with Crippen molar-refractivity contribution in [1.29, 1.82) is 0 Å². The Kier molecular flexibility index (Phi) is 3.98. The molecule has 0 spiro atoms. The van der Waals surface area contributed by atoms with Crippen molar-refractivity contribution in [2.24, 2.45) is 4.99 Å². The zero-order chi connectivity index (χ0) is 12.9. The van der Waals surface area contributed by atoms with Gasteiger partial charge < -0.3 is 10.6 Å².